The Morgan fingerprint density at radius 2 is 1.14 bits per heavy atom. The van der Waals surface area contributed by atoms with Crippen molar-refractivity contribution in [1.82, 2.24) is 16.0 Å². The third-order valence-electron chi connectivity index (χ3n) is 7.30. The number of fused-ring (bicyclic) bond motifs is 1. The van der Waals surface area contributed by atoms with Crippen LogP contribution >= 0.6 is 0 Å². The first-order valence-electron chi connectivity index (χ1n) is 8.55. The fourth-order valence-corrected chi connectivity index (χ4v) is 4.82. The molecule has 4 unspecified atom stereocenters. The van der Waals surface area contributed by atoms with Crippen molar-refractivity contribution in [1.29, 1.82) is 0 Å². The number of rotatable bonds is 0. The summed E-state index contributed by atoms with van der Waals surface area (Å²) in [6.45, 7) is 23.8. The largest absolute Gasteiger partial charge is 0.306 e. The second-order valence-electron chi connectivity index (χ2n) is 9.67. The molecule has 3 heteroatoms. The van der Waals surface area contributed by atoms with Gasteiger partial charge >= 0.3 is 0 Å². The third kappa shape index (κ3) is 2.36. The van der Waals surface area contributed by atoms with Crippen LogP contribution in [0.15, 0.2) is 0 Å². The third-order valence-corrected chi connectivity index (χ3v) is 7.30. The Kier molecular flexibility index (Phi) is 3.85. The van der Waals surface area contributed by atoms with Crippen molar-refractivity contribution < 1.29 is 0 Å². The number of nitrogens with one attached hydrogen (secondary N) is 3. The first-order valence-corrected chi connectivity index (χ1v) is 8.55. The molecule has 0 saturated carbocycles. The molecule has 0 aliphatic carbocycles. The Labute approximate surface area is 132 Å². The summed E-state index contributed by atoms with van der Waals surface area (Å²) in [5.74, 6) is 0.577. The normalized spacial score (nSPS) is 43.7. The van der Waals surface area contributed by atoms with Crippen molar-refractivity contribution in [3.8, 4) is 0 Å². The van der Waals surface area contributed by atoms with E-state index in [1.165, 1.54) is 0 Å². The maximum Gasteiger partial charge on any atom is 0.0547 e. The monoisotopic (exact) mass is 295 g/mol. The maximum absolute atomic E-state index is 4.00. The summed E-state index contributed by atoms with van der Waals surface area (Å²) in [5, 5.41) is 11.6. The molecular formula is C18H37N3. The van der Waals surface area contributed by atoms with Crippen LogP contribution in [-0.2, 0) is 0 Å². The van der Waals surface area contributed by atoms with E-state index in [4.69, 9.17) is 0 Å². The molecular weight excluding hydrogens is 258 g/mol. The van der Waals surface area contributed by atoms with E-state index in [9.17, 15) is 0 Å². The molecule has 3 nitrogen and oxygen atoms in total. The van der Waals surface area contributed by atoms with E-state index in [0.29, 0.717) is 24.2 Å². The van der Waals surface area contributed by atoms with E-state index in [1.807, 2.05) is 0 Å². The summed E-state index contributed by atoms with van der Waals surface area (Å²) in [7, 11) is 0. The van der Waals surface area contributed by atoms with Gasteiger partial charge in [0, 0.05) is 23.2 Å². The summed E-state index contributed by atoms with van der Waals surface area (Å²) < 4.78 is 0. The lowest BCUT2D eigenvalue weighted by atomic mass is 9.57. The van der Waals surface area contributed by atoms with Crippen molar-refractivity contribution in [2.45, 2.75) is 98.6 Å². The van der Waals surface area contributed by atoms with Gasteiger partial charge in [0.1, 0.15) is 0 Å². The van der Waals surface area contributed by atoms with E-state index >= 15 is 0 Å². The zero-order valence-electron chi connectivity index (χ0n) is 15.8. The lowest BCUT2D eigenvalue weighted by Crippen LogP contribution is -2.70. The van der Waals surface area contributed by atoms with E-state index < -0.39 is 0 Å². The summed E-state index contributed by atoms with van der Waals surface area (Å²) in [5.41, 5.74) is 0.484. The van der Waals surface area contributed by atoms with E-state index in [1.54, 1.807) is 0 Å². The fourth-order valence-electron chi connectivity index (χ4n) is 4.82. The molecule has 0 aromatic heterocycles. The molecule has 3 N–H and O–H groups in total. The number of hydrogen-bond acceptors (Lipinski definition) is 3. The molecule has 2 saturated heterocycles. The molecule has 2 aliphatic rings. The van der Waals surface area contributed by atoms with Gasteiger partial charge in [-0.3, -0.25) is 10.6 Å². The molecule has 2 fully saturated rings. The van der Waals surface area contributed by atoms with Crippen molar-refractivity contribution in [3.63, 3.8) is 0 Å². The van der Waals surface area contributed by atoms with Crippen LogP contribution in [0.1, 0.15) is 69.2 Å². The molecule has 2 rings (SSSR count). The van der Waals surface area contributed by atoms with Crippen molar-refractivity contribution in [2.24, 2.45) is 16.7 Å². The summed E-state index contributed by atoms with van der Waals surface area (Å²) in [6.07, 6.45) is 0.369. The molecule has 124 valence electrons. The quantitative estimate of drug-likeness (QED) is 0.643. The second kappa shape index (κ2) is 4.69. The van der Waals surface area contributed by atoms with Crippen LogP contribution in [0.3, 0.4) is 0 Å². The average Bonchev–Trinajstić information content (AvgIpc) is 2.26. The minimum atomic E-state index is 0.0664. The van der Waals surface area contributed by atoms with Crippen LogP contribution in [0.2, 0.25) is 0 Å². The van der Waals surface area contributed by atoms with Gasteiger partial charge in [-0.1, -0.05) is 27.7 Å². The summed E-state index contributed by atoms with van der Waals surface area (Å²) in [4.78, 5) is 0. The molecule has 0 aromatic rings. The lowest BCUT2D eigenvalue weighted by molar-refractivity contribution is -0.00276. The summed E-state index contributed by atoms with van der Waals surface area (Å²) in [6, 6.07) is 0.999. The average molecular weight is 296 g/mol. The van der Waals surface area contributed by atoms with E-state index in [0.717, 1.165) is 0 Å². The van der Waals surface area contributed by atoms with Crippen LogP contribution in [0.25, 0.3) is 0 Å². The molecule has 21 heavy (non-hydrogen) atoms. The van der Waals surface area contributed by atoms with Gasteiger partial charge in [0.05, 0.1) is 6.17 Å². The van der Waals surface area contributed by atoms with Gasteiger partial charge in [-0.2, -0.15) is 0 Å². The standard InChI is InChI=1S/C18H37N3/c1-11-13-14(20-12(2)19-11)16(5,6)18(9,10)21-17(7,8)15(13,3)4/h11-14,19-21H,1-10H3. The molecule has 0 spiro atoms. The van der Waals surface area contributed by atoms with Gasteiger partial charge < -0.3 is 5.32 Å². The Morgan fingerprint density at radius 1 is 0.667 bits per heavy atom. The minimum absolute atomic E-state index is 0.0664. The van der Waals surface area contributed by atoms with Crippen LogP contribution in [0.5, 0.6) is 0 Å². The van der Waals surface area contributed by atoms with Gasteiger partial charge in [-0.05, 0) is 58.3 Å². The molecule has 0 bridgehead atoms. The second-order valence-corrected chi connectivity index (χ2v) is 9.67. The SMILES string of the molecule is CC1NC(C)C2C(N1)C(C)(C)C(C)(C)NC(C)(C)C2(C)C. The summed E-state index contributed by atoms with van der Waals surface area (Å²) >= 11 is 0. The smallest absolute Gasteiger partial charge is 0.0547 e. The highest BCUT2D eigenvalue weighted by atomic mass is 15.2. The van der Waals surface area contributed by atoms with Gasteiger partial charge in [0.15, 0.2) is 0 Å². The van der Waals surface area contributed by atoms with Gasteiger partial charge in [0.25, 0.3) is 0 Å². The predicted octanol–water partition coefficient (Wildman–Crippen LogP) is 3.11. The molecule has 0 aromatic carbocycles. The van der Waals surface area contributed by atoms with Crippen LogP contribution < -0.4 is 16.0 Å². The number of hydrogen-bond donors (Lipinski definition) is 3. The highest BCUT2D eigenvalue weighted by Crippen LogP contribution is 2.53. The zero-order chi connectivity index (χ0) is 16.4. The molecule has 0 amide bonds. The van der Waals surface area contributed by atoms with E-state index in [2.05, 4.69) is 85.2 Å². The molecule has 4 atom stereocenters. The van der Waals surface area contributed by atoms with Crippen molar-refractivity contribution >= 4 is 0 Å². The van der Waals surface area contributed by atoms with Gasteiger partial charge in [-0.25, -0.2) is 0 Å². The predicted molar refractivity (Wildman–Crippen MR) is 91.3 cm³/mol. The van der Waals surface area contributed by atoms with Crippen molar-refractivity contribution in [2.75, 3.05) is 0 Å². The molecule has 0 radical (unpaired) electrons. The van der Waals surface area contributed by atoms with Gasteiger partial charge in [-0.15, -0.1) is 0 Å². The molecule has 2 aliphatic heterocycles. The lowest BCUT2D eigenvalue weighted by Gasteiger charge is -2.55. The Bertz CT molecular complexity index is 409. The highest BCUT2D eigenvalue weighted by Gasteiger charge is 2.61. The minimum Gasteiger partial charge on any atom is -0.306 e. The topological polar surface area (TPSA) is 36.1 Å². The molecule has 2 heterocycles. The Balaban J connectivity index is 2.62. The maximum atomic E-state index is 4.00. The van der Waals surface area contributed by atoms with Crippen LogP contribution in [0, 0.1) is 16.7 Å². The Morgan fingerprint density at radius 3 is 1.67 bits per heavy atom. The van der Waals surface area contributed by atoms with Crippen LogP contribution in [0.4, 0.5) is 0 Å². The Hall–Kier alpha value is -0.120. The van der Waals surface area contributed by atoms with Gasteiger partial charge in [0.2, 0.25) is 0 Å². The zero-order valence-corrected chi connectivity index (χ0v) is 15.8. The van der Waals surface area contributed by atoms with Crippen LogP contribution in [-0.4, -0.2) is 29.3 Å². The van der Waals surface area contributed by atoms with E-state index in [-0.39, 0.29) is 21.9 Å². The first kappa shape index (κ1) is 17.2. The van der Waals surface area contributed by atoms with Crippen molar-refractivity contribution in [3.05, 3.63) is 0 Å². The fraction of sp³-hybridized carbons (Fsp3) is 1.00. The first-order chi connectivity index (χ1) is 9.24. The highest BCUT2D eigenvalue weighted by molar-refractivity contribution is 5.17.